The number of rotatable bonds is 6. The minimum Gasteiger partial charge on any atom is -0.533 e. The van der Waals surface area contributed by atoms with Crippen LogP contribution in [0, 0.1) is 0 Å². The van der Waals surface area contributed by atoms with Crippen LogP contribution in [0.15, 0.2) is 104 Å². The molecule has 0 amide bonds. The third-order valence-corrected chi connectivity index (χ3v) is 11.6. The van der Waals surface area contributed by atoms with Gasteiger partial charge in [-0.2, -0.15) is 0 Å². The highest BCUT2D eigenvalue weighted by molar-refractivity contribution is 7.00. The lowest BCUT2D eigenvalue weighted by Gasteiger charge is -2.42. The SMILES string of the molecule is CC(C)(C)[Si](Oc1ccn(Cc2cnc3c(Cl)nccc3c2)c1)(c1ccccc1)c1ccccc1. The molecule has 2 aromatic carbocycles. The summed E-state index contributed by atoms with van der Waals surface area (Å²) < 4.78 is 9.26. The first-order valence-electron chi connectivity index (χ1n) is 11.7. The van der Waals surface area contributed by atoms with Crippen molar-refractivity contribution in [1.82, 2.24) is 14.5 Å². The average molecular weight is 498 g/mol. The zero-order valence-corrected chi connectivity index (χ0v) is 21.9. The van der Waals surface area contributed by atoms with Crippen LogP contribution < -0.4 is 14.8 Å². The quantitative estimate of drug-likeness (QED) is 0.211. The molecule has 5 rings (SSSR count). The van der Waals surface area contributed by atoms with Gasteiger partial charge in [-0.3, -0.25) is 4.98 Å². The molecule has 35 heavy (non-hydrogen) atoms. The maximum atomic E-state index is 7.12. The molecule has 0 fully saturated rings. The summed E-state index contributed by atoms with van der Waals surface area (Å²) in [7, 11) is -2.66. The van der Waals surface area contributed by atoms with Crippen LogP contribution in [0.25, 0.3) is 10.9 Å². The van der Waals surface area contributed by atoms with E-state index < -0.39 is 8.32 Å². The highest BCUT2D eigenvalue weighted by Gasteiger charge is 2.52. The second kappa shape index (κ2) is 9.32. The Hall–Kier alpha value is -3.41. The summed E-state index contributed by atoms with van der Waals surface area (Å²) in [6.45, 7) is 7.55. The Balaban J connectivity index is 1.51. The van der Waals surface area contributed by atoms with Crippen LogP contribution in [-0.4, -0.2) is 22.9 Å². The van der Waals surface area contributed by atoms with Gasteiger partial charge in [-0.25, -0.2) is 4.98 Å². The monoisotopic (exact) mass is 497 g/mol. The fraction of sp³-hybridized carbons (Fsp3) is 0.172. The molecule has 3 heterocycles. The second-order valence-corrected chi connectivity index (χ2v) is 14.4. The van der Waals surface area contributed by atoms with Gasteiger partial charge in [0.1, 0.15) is 11.3 Å². The van der Waals surface area contributed by atoms with E-state index in [0.29, 0.717) is 11.7 Å². The van der Waals surface area contributed by atoms with Gasteiger partial charge in [0.15, 0.2) is 5.15 Å². The van der Waals surface area contributed by atoms with Crippen molar-refractivity contribution in [3.05, 3.63) is 114 Å². The summed E-state index contributed by atoms with van der Waals surface area (Å²) in [4.78, 5) is 8.64. The van der Waals surface area contributed by atoms with Crippen LogP contribution in [0.4, 0.5) is 0 Å². The fourth-order valence-corrected chi connectivity index (χ4v) is 9.39. The molecule has 0 saturated heterocycles. The number of fused-ring (bicyclic) bond motifs is 1. The van der Waals surface area contributed by atoms with E-state index in [9.17, 15) is 0 Å². The van der Waals surface area contributed by atoms with Crippen LogP contribution in [0.1, 0.15) is 26.3 Å². The molecule has 0 radical (unpaired) electrons. The van der Waals surface area contributed by atoms with E-state index in [-0.39, 0.29) is 5.04 Å². The van der Waals surface area contributed by atoms with E-state index in [0.717, 1.165) is 22.2 Å². The van der Waals surface area contributed by atoms with E-state index >= 15 is 0 Å². The maximum absolute atomic E-state index is 7.12. The average Bonchev–Trinajstić information content (AvgIpc) is 3.29. The van der Waals surface area contributed by atoms with E-state index in [4.69, 9.17) is 16.0 Å². The van der Waals surface area contributed by atoms with E-state index in [1.54, 1.807) is 6.20 Å². The fourth-order valence-electron chi connectivity index (χ4n) is 4.77. The van der Waals surface area contributed by atoms with Gasteiger partial charge >= 0.3 is 8.32 Å². The molecule has 3 aromatic heterocycles. The molecule has 0 aliphatic carbocycles. The number of halogens is 1. The van der Waals surface area contributed by atoms with Gasteiger partial charge in [0.2, 0.25) is 0 Å². The zero-order chi connectivity index (χ0) is 24.5. The molecular weight excluding hydrogens is 470 g/mol. The van der Waals surface area contributed by atoms with Crippen LogP contribution in [0.5, 0.6) is 5.75 Å². The lowest BCUT2D eigenvalue weighted by atomic mass is 10.2. The maximum Gasteiger partial charge on any atom is 0.320 e. The van der Waals surface area contributed by atoms with Crippen molar-refractivity contribution in [1.29, 1.82) is 0 Å². The normalized spacial score (nSPS) is 12.1. The molecule has 0 unspecified atom stereocenters. The van der Waals surface area contributed by atoms with Crippen molar-refractivity contribution < 1.29 is 4.43 Å². The lowest BCUT2D eigenvalue weighted by Crippen LogP contribution is -2.68. The van der Waals surface area contributed by atoms with E-state index in [1.165, 1.54) is 10.4 Å². The van der Waals surface area contributed by atoms with Crippen LogP contribution in [0.3, 0.4) is 0 Å². The Bertz CT molecular complexity index is 1410. The van der Waals surface area contributed by atoms with Gasteiger partial charge in [-0.15, -0.1) is 0 Å². The lowest BCUT2D eigenvalue weighted by molar-refractivity contribution is 0.507. The molecule has 176 valence electrons. The molecule has 5 aromatic rings. The summed E-state index contributed by atoms with van der Waals surface area (Å²) in [6.07, 6.45) is 7.72. The highest BCUT2D eigenvalue weighted by atomic mass is 35.5. The van der Waals surface area contributed by atoms with Gasteiger partial charge in [0.05, 0.1) is 0 Å². The smallest absolute Gasteiger partial charge is 0.320 e. The van der Waals surface area contributed by atoms with Crippen molar-refractivity contribution in [3.8, 4) is 5.75 Å². The molecular formula is C29H28ClN3OSi. The van der Waals surface area contributed by atoms with Crippen LogP contribution in [-0.2, 0) is 6.54 Å². The number of hydrogen-bond acceptors (Lipinski definition) is 3. The minimum absolute atomic E-state index is 0.0899. The zero-order valence-electron chi connectivity index (χ0n) is 20.1. The van der Waals surface area contributed by atoms with Crippen molar-refractivity contribution in [2.75, 3.05) is 0 Å². The number of aromatic nitrogens is 3. The Kier molecular flexibility index (Phi) is 6.22. The molecule has 0 atom stereocenters. The summed E-state index contributed by atoms with van der Waals surface area (Å²) in [5, 5.41) is 3.84. The summed E-state index contributed by atoms with van der Waals surface area (Å²) in [6, 6.07) is 27.5. The van der Waals surface area contributed by atoms with Gasteiger partial charge in [-0.05, 0) is 39.2 Å². The molecule has 0 bridgehead atoms. The van der Waals surface area contributed by atoms with Crippen LogP contribution >= 0.6 is 11.6 Å². The first kappa shape index (κ1) is 23.3. The molecule has 4 nitrogen and oxygen atoms in total. The third kappa shape index (κ3) is 4.49. The Morgan fingerprint density at radius 2 is 1.54 bits per heavy atom. The van der Waals surface area contributed by atoms with Crippen molar-refractivity contribution in [2.24, 2.45) is 0 Å². The predicted octanol–water partition coefficient (Wildman–Crippen LogP) is 6.07. The highest BCUT2D eigenvalue weighted by Crippen LogP contribution is 2.37. The van der Waals surface area contributed by atoms with Crippen molar-refractivity contribution in [3.63, 3.8) is 0 Å². The first-order valence-corrected chi connectivity index (χ1v) is 14.0. The molecule has 0 aliphatic rings. The number of nitrogens with zero attached hydrogens (tertiary/aromatic N) is 3. The Morgan fingerprint density at radius 3 is 2.17 bits per heavy atom. The summed E-state index contributed by atoms with van der Waals surface area (Å²) in [5.74, 6) is 0.875. The number of pyridine rings is 2. The molecule has 0 spiro atoms. The molecule has 0 aliphatic heterocycles. The number of hydrogen-bond donors (Lipinski definition) is 0. The molecule has 0 saturated carbocycles. The molecule has 6 heteroatoms. The van der Waals surface area contributed by atoms with Gasteiger partial charge in [0.25, 0.3) is 0 Å². The first-order chi connectivity index (χ1) is 16.9. The number of benzene rings is 2. The predicted molar refractivity (Wildman–Crippen MR) is 146 cm³/mol. The van der Waals surface area contributed by atoms with Crippen LogP contribution in [0.2, 0.25) is 10.2 Å². The minimum atomic E-state index is -2.66. The topological polar surface area (TPSA) is 39.9 Å². The van der Waals surface area contributed by atoms with Gasteiger partial charge < -0.3 is 8.99 Å². The third-order valence-electron chi connectivity index (χ3n) is 6.39. The van der Waals surface area contributed by atoms with Gasteiger partial charge in [0, 0.05) is 36.7 Å². The van der Waals surface area contributed by atoms with E-state index in [1.807, 2.05) is 12.3 Å². The second-order valence-electron chi connectivity index (χ2n) is 9.80. The summed E-state index contributed by atoms with van der Waals surface area (Å²) in [5.41, 5.74) is 1.81. The Labute approximate surface area is 212 Å². The van der Waals surface area contributed by atoms with E-state index in [2.05, 4.69) is 120 Å². The largest absolute Gasteiger partial charge is 0.533 e. The van der Waals surface area contributed by atoms with Gasteiger partial charge in [-0.1, -0.05) is 93.0 Å². The van der Waals surface area contributed by atoms with Crippen molar-refractivity contribution >= 4 is 41.2 Å². The standard InChI is InChI=1S/C29H28ClN3OSi/c1-29(2,3)35(25-10-6-4-7-11-25,26-12-8-5-9-13-26)34-24-15-17-33(21-24)20-22-18-23-14-16-31-28(30)27(23)32-19-22/h4-19,21H,20H2,1-3H3. The molecule has 0 N–H and O–H groups in total. The van der Waals surface area contributed by atoms with Crippen molar-refractivity contribution in [2.45, 2.75) is 32.4 Å². The summed E-state index contributed by atoms with van der Waals surface area (Å²) >= 11 is 6.18. The Morgan fingerprint density at radius 1 is 0.886 bits per heavy atom.